The highest BCUT2D eigenvalue weighted by molar-refractivity contribution is 5.76. The molecular weight excluding hydrogens is 205 g/mol. The van der Waals surface area contributed by atoms with E-state index in [1.807, 2.05) is 0 Å². The van der Waals surface area contributed by atoms with Gasteiger partial charge in [0.05, 0.1) is 6.61 Å². The summed E-state index contributed by atoms with van der Waals surface area (Å²) in [6.07, 6.45) is -6.66. The molecular formula is C7H11F3O4. The van der Waals surface area contributed by atoms with Crippen LogP contribution in [0.3, 0.4) is 0 Å². The molecule has 0 aliphatic carbocycles. The molecule has 84 valence electrons. The van der Waals surface area contributed by atoms with Crippen LogP contribution in [0.25, 0.3) is 0 Å². The van der Waals surface area contributed by atoms with Crippen molar-refractivity contribution in [3.8, 4) is 0 Å². The smallest absolute Gasteiger partial charge is 0.414 e. The Morgan fingerprint density at radius 1 is 1.50 bits per heavy atom. The first-order chi connectivity index (χ1) is 6.07. The summed E-state index contributed by atoms with van der Waals surface area (Å²) in [6, 6.07) is 0. The number of rotatable bonds is 4. The zero-order valence-electron chi connectivity index (χ0n) is 7.63. The summed E-state index contributed by atoms with van der Waals surface area (Å²) in [4.78, 5) is 10.3. The van der Waals surface area contributed by atoms with Crippen LogP contribution in [0.2, 0.25) is 0 Å². The minimum absolute atomic E-state index is 0.734. The number of aliphatic carboxylic acids is 1. The summed E-state index contributed by atoms with van der Waals surface area (Å²) < 4.78 is 39.8. The van der Waals surface area contributed by atoms with Crippen LogP contribution in [0.4, 0.5) is 13.2 Å². The van der Waals surface area contributed by atoms with Gasteiger partial charge in [0.15, 0.2) is 11.7 Å². The van der Waals surface area contributed by atoms with E-state index in [-0.39, 0.29) is 0 Å². The number of aliphatic hydroxyl groups is 1. The van der Waals surface area contributed by atoms with E-state index in [1.165, 1.54) is 0 Å². The molecule has 2 N–H and O–H groups in total. The fourth-order valence-corrected chi connectivity index (χ4v) is 0.443. The molecule has 0 fully saturated rings. The van der Waals surface area contributed by atoms with Crippen LogP contribution < -0.4 is 0 Å². The van der Waals surface area contributed by atoms with Gasteiger partial charge < -0.3 is 14.9 Å². The quantitative estimate of drug-likeness (QED) is 0.729. The van der Waals surface area contributed by atoms with E-state index in [0.717, 1.165) is 13.8 Å². The largest absolute Gasteiger partial charge is 0.479 e. The molecule has 2 atom stereocenters. The molecule has 2 unspecified atom stereocenters. The summed E-state index contributed by atoms with van der Waals surface area (Å²) in [5.74, 6) is -1.63. The highest BCUT2D eigenvalue weighted by atomic mass is 19.4. The fourth-order valence-electron chi connectivity index (χ4n) is 0.443. The number of hydrogen-bond donors (Lipinski definition) is 2. The van der Waals surface area contributed by atoms with Gasteiger partial charge in [-0.25, -0.2) is 4.79 Å². The molecule has 14 heavy (non-hydrogen) atoms. The van der Waals surface area contributed by atoms with Gasteiger partial charge in [0.2, 0.25) is 0 Å². The van der Waals surface area contributed by atoms with E-state index in [2.05, 4.69) is 4.74 Å². The lowest BCUT2D eigenvalue weighted by atomic mass is 10.1. The molecule has 0 rings (SSSR count). The third-order valence-electron chi connectivity index (χ3n) is 1.54. The van der Waals surface area contributed by atoms with Crippen LogP contribution in [0.5, 0.6) is 0 Å². The molecule has 0 radical (unpaired) electrons. The minimum atomic E-state index is -4.56. The van der Waals surface area contributed by atoms with Crippen molar-refractivity contribution in [2.75, 3.05) is 6.61 Å². The molecule has 0 bridgehead atoms. The zero-order valence-corrected chi connectivity index (χ0v) is 7.63. The standard InChI is InChI=1S/C7H11F3O4/c1-4(7(8,9)10)14-3-6(2,13)5(11)12/h4,13H,3H2,1-2H3,(H,11,12). The molecule has 0 aliphatic rings. The molecule has 4 nitrogen and oxygen atoms in total. The Hall–Kier alpha value is -0.820. The fraction of sp³-hybridized carbons (Fsp3) is 0.857. The maximum Gasteiger partial charge on any atom is 0.414 e. The Kier molecular flexibility index (Phi) is 3.90. The maximum absolute atomic E-state index is 11.9. The van der Waals surface area contributed by atoms with Crippen molar-refractivity contribution in [1.82, 2.24) is 0 Å². The number of hydrogen-bond acceptors (Lipinski definition) is 3. The predicted octanol–water partition coefficient (Wildman–Crippen LogP) is 0.789. The lowest BCUT2D eigenvalue weighted by Crippen LogP contribution is -2.42. The lowest BCUT2D eigenvalue weighted by molar-refractivity contribution is -0.227. The molecule has 0 saturated carbocycles. The number of carboxylic acids is 1. The van der Waals surface area contributed by atoms with Crippen molar-refractivity contribution in [1.29, 1.82) is 0 Å². The van der Waals surface area contributed by atoms with E-state index in [1.54, 1.807) is 0 Å². The molecule has 0 aromatic carbocycles. The maximum atomic E-state index is 11.9. The van der Waals surface area contributed by atoms with Crippen molar-refractivity contribution < 1.29 is 32.9 Å². The van der Waals surface area contributed by atoms with E-state index in [0.29, 0.717) is 0 Å². The van der Waals surface area contributed by atoms with Gasteiger partial charge in [-0.05, 0) is 13.8 Å². The van der Waals surface area contributed by atoms with Crippen molar-refractivity contribution in [3.63, 3.8) is 0 Å². The van der Waals surface area contributed by atoms with E-state index >= 15 is 0 Å². The molecule has 0 aliphatic heterocycles. The second kappa shape index (κ2) is 4.14. The summed E-state index contributed by atoms with van der Waals surface area (Å²) in [5.41, 5.74) is -2.31. The number of carbonyl (C=O) groups is 1. The first kappa shape index (κ1) is 13.2. The van der Waals surface area contributed by atoms with Crippen LogP contribution in [0.15, 0.2) is 0 Å². The van der Waals surface area contributed by atoms with Gasteiger partial charge in [0.25, 0.3) is 0 Å². The minimum Gasteiger partial charge on any atom is -0.479 e. The Bertz CT molecular complexity index is 211. The first-order valence-corrected chi connectivity index (χ1v) is 3.71. The average Bonchev–Trinajstić information content (AvgIpc) is 1.98. The molecule has 0 amide bonds. The predicted molar refractivity (Wildman–Crippen MR) is 39.7 cm³/mol. The van der Waals surface area contributed by atoms with Crippen LogP contribution in [-0.4, -0.2) is 40.7 Å². The average molecular weight is 216 g/mol. The Labute approximate surface area is 78.3 Å². The molecule has 0 heterocycles. The van der Waals surface area contributed by atoms with Gasteiger partial charge in [-0.2, -0.15) is 13.2 Å². The summed E-state index contributed by atoms with van der Waals surface area (Å²) in [6.45, 7) is 0.680. The second-order valence-electron chi connectivity index (χ2n) is 3.07. The van der Waals surface area contributed by atoms with Crippen LogP contribution in [-0.2, 0) is 9.53 Å². The lowest BCUT2D eigenvalue weighted by Gasteiger charge is -2.22. The highest BCUT2D eigenvalue weighted by Gasteiger charge is 2.39. The first-order valence-electron chi connectivity index (χ1n) is 3.71. The molecule has 0 aromatic heterocycles. The van der Waals surface area contributed by atoms with Gasteiger partial charge >= 0.3 is 12.1 Å². The van der Waals surface area contributed by atoms with E-state index in [4.69, 9.17) is 10.2 Å². The number of ether oxygens (including phenoxy) is 1. The summed E-state index contributed by atoms with van der Waals surface area (Å²) in [5, 5.41) is 17.4. The number of halogens is 3. The molecule has 0 saturated heterocycles. The Morgan fingerprint density at radius 2 is 1.93 bits per heavy atom. The zero-order chi connectivity index (χ0) is 11.6. The van der Waals surface area contributed by atoms with Gasteiger partial charge in [-0.3, -0.25) is 0 Å². The normalized spacial score (nSPS) is 18.7. The highest BCUT2D eigenvalue weighted by Crippen LogP contribution is 2.23. The third kappa shape index (κ3) is 3.93. The van der Waals surface area contributed by atoms with Crippen molar-refractivity contribution in [2.24, 2.45) is 0 Å². The third-order valence-corrected chi connectivity index (χ3v) is 1.54. The second-order valence-corrected chi connectivity index (χ2v) is 3.07. The van der Waals surface area contributed by atoms with Crippen LogP contribution in [0, 0.1) is 0 Å². The van der Waals surface area contributed by atoms with E-state index in [9.17, 15) is 18.0 Å². The summed E-state index contributed by atoms with van der Waals surface area (Å²) in [7, 11) is 0. The number of carboxylic acid groups (broad SMARTS) is 1. The molecule has 0 aromatic rings. The summed E-state index contributed by atoms with van der Waals surface area (Å²) >= 11 is 0. The topological polar surface area (TPSA) is 66.8 Å². The Morgan fingerprint density at radius 3 is 2.21 bits per heavy atom. The van der Waals surface area contributed by atoms with Crippen molar-refractivity contribution in [2.45, 2.75) is 31.7 Å². The molecule has 7 heteroatoms. The van der Waals surface area contributed by atoms with E-state index < -0.39 is 30.5 Å². The van der Waals surface area contributed by atoms with Crippen LogP contribution in [0.1, 0.15) is 13.8 Å². The van der Waals surface area contributed by atoms with Gasteiger partial charge in [-0.1, -0.05) is 0 Å². The van der Waals surface area contributed by atoms with Crippen molar-refractivity contribution in [3.05, 3.63) is 0 Å². The monoisotopic (exact) mass is 216 g/mol. The van der Waals surface area contributed by atoms with Crippen molar-refractivity contribution >= 4 is 5.97 Å². The van der Waals surface area contributed by atoms with Gasteiger partial charge in [0.1, 0.15) is 0 Å². The number of alkyl halides is 3. The van der Waals surface area contributed by atoms with Gasteiger partial charge in [0, 0.05) is 0 Å². The van der Waals surface area contributed by atoms with Gasteiger partial charge in [-0.15, -0.1) is 0 Å². The van der Waals surface area contributed by atoms with Crippen LogP contribution >= 0.6 is 0 Å². The Balaban J connectivity index is 4.13. The SMILES string of the molecule is CC(OCC(C)(O)C(=O)O)C(F)(F)F. The molecule has 0 spiro atoms.